The first-order valence-corrected chi connectivity index (χ1v) is 6.28. The third-order valence-corrected chi connectivity index (χ3v) is 4.02. The highest BCUT2D eigenvalue weighted by Gasteiger charge is 2.62. The number of rotatable bonds is 5. The van der Waals surface area contributed by atoms with E-state index in [1.807, 2.05) is 44.2 Å². The van der Waals surface area contributed by atoms with Gasteiger partial charge in [0.15, 0.2) is 0 Å². The Balaban J connectivity index is 1.97. The molecule has 0 radical (unpaired) electrons. The van der Waals surface area contributed by atoms with E-state index in [1.54, 1.807) is 7.11 Å². The molecule has 0 amide bonds. The summed E-state index contributed by atoms with van der Waals surface area (Å²) in [6, 6.07) is 9.73. The molecule has 0 spiro atoms. The summed E-state index contributed by atoms with van der Waals surface area (Å²) in [7, 11) is 1.64. The van der Waals surface area contributed by atoms with Crippen LogP contribution in [0.1, 0.15) is 32.3 Å². The molecule has 3 nitrogen and oxygen atoms in total. The van der Waals surface area contributed by atoms with Gasteiger partial charge in [-0.1, -0.05) is 30.3 Å². The molecule has 0 N–H and O–H groups in total. The molecule has 0 aromatic heterocycles. The molecule has 1 aliphatic carbocycles. The average Bonchev–Trinajstić information content (AvgIpc) is 3.19. The Kier molecular flexibility index (Phi) is 3.44. The number of hydrogen-bond donors (Lipinski definition) is 0. The van der Waals surface area contributed by atoms with E-state index < -0.39 is 11.0 Å². The van der Waals surface area contributed by atoms with Gasteiger partial charge in [0, 0.05) is 7.11 Å². The van der Waals surface area contributed by atoms with Crippen LogP contribution in [0.3, 0.4) is 0 Å². The topological polar surface area (TPSA) is 35.5 Å². The molecule has 18 heavy (non-hydrogen) atoms. The number of carbonyl (C=O) groups excluding carboxylic acids is 1. The molecule has 0 atom stereocenters. The smallest absolute Gasteiger partial charge is 0.315 e. The molecule has 3 heteroatoms. The van der Waals surface area contributed by atoms with E-state index in [0.717, 1.165) is 18.4 Å². The van der Waals surface area contributed by atoms with E-state index in [2.05, 4.69) is 0 Å². The van der Waals surface area contributed by atoms with Crippen molar-refractivity contribution >= 4 is 5.97 Å². The summed E-state index contributed by atoms with van der Waals surface area (Å²) in [5.41, 5.74) is 0.106. The fourth-order valence-corrected chi connectivity index (χ4v) is 2.23. The average molecular weight is 248 g/mol. The lowest BCUT2D eigenvalue weighted by Crippen LogP contribution is -2.41. The minimum atomic E-state index is -0.458. The first-order valence-electron chi connectivity index (χ1n) is 6.28. The van der Waals surface area contributed by atoms with Gasteiger partial charge in [-0.3, -0.25) is 4.79 Å². The number of methoxy groups -OCH3 is 1. The summed E-state index contributed by atoms with van der Waals surface area (Å²) in [4.78, 5) is 12.2. The predicted molar refractivity (Wildman–Crippen MR) is 69.0 cm³/mol. The Morgan fingerprint density at radius 1 is 1.28 bits per heavy atom. The first kappa shape index (κ1) is 13.1. The highest BCUT2D eigenvalue weighted by atomic mass is 16.5. The quantitative estimate of drug-likeness (QED) is 0.752. The van der Waals surface area contributed by atoms with E-state index in [1.165, 1.54) is 0 Å². The van der Waals surface area contributed by atoms with Crippen LogP contribution in [0.5, 0.6) is 0 Å². The van der Waals surface area contributed by atoms with Crippen molar-refractivity contribution in [2.24, 2.45) is 5.41 Å². The van der Waals surface area contributed by atoms with Gasteiger partial charge in [0.1, 0.15) is 6.61 Å². The van der Waals surface area contributed by atoms with Crippen LogP contribution in [-0.2, 0) is 20.9 Å². The van der Waals surface area contributed by atoms with Crippen molar-refractivity contribution in [2.75, 3.05) is 7.11 Å². The summed E-state index contributed by atoms with van der Waals surface area (Å²) in [5.74, 6) is -0.141. The maximum absolute atomic E-state index is 12.2. The molecule has 0 saturated heterocycles. The third-order valence-electron chi connectivity index (χ3n) is 4.02. The molecule has 1 aliphatic rings. The first-order chi connectivity index (χ1) is 8.52. The molecule has 1 aromatic rings. The van der Waals surface area contributed by atoms with Crippen LogP contribution in [0, 0.1) is 5.41 Å². The lowest BCUT2D eigenvalue weighted by atomic mass is 9.87. The molecule has 1 fully saturated rings. The van der Waals surface area contributed by atoms with Gasteiger partial charge in [-0.25, -0.2) is 0 Å². The summed E-state index contributed by atoms with van der Waals surface area (Å²) in [5, 5.41) is 0. The maximum Gasteiger partial charge on any atom is 0.315 e. The monoisotopic (exact) mass is 248 g/mol. The highest BCUT2D eigenvalue weighted by molar-refractivity contribution is 5.81. The second-order valence-electron chi connectivity index (χ2n) is 5.36. The Bertz CT molecular complexity index is 419. The summed E-state index contributed by atoms with van der Waals surface area (Å²) in [6.07, 6.45) is 1.70. The SMILES string of the molecule is COC(C)(C)C1(C(=O)OCc2ccccc2)CC1. The standard InChI is InChI=1S/C15H20O3/c1-14(2,17-3)15(9-10-15)13(16)18-11-12-7-5-4-6-8-12/h4-8H,9-11H2,1-3H3. The summed E-state index contributed by atoms with van der Waals surface area (Å²) in [6.45, 7) is 4.23. The van der Waals surface area contributed by atoms with Crippen LogP contribution in [0.15, 0.2) is 30.3 Å². The lowest BCUT2D eigenvalue weighted by molar-refractivity contribution is -0.164. The van der Waals surface area contributed by atoms with Gasteiger partial charge in [0.2, 0.25) is 0 Å². The van der Waals surface area contributed by atoms with Crippen molar-refractivity contribution in [1.82, 2.24) is 0 Å². The second-order valence-corrected chi connectivity index (χ2v) is 5.36. The highest BCUT2D eigenvalue weighted by Crippen LogP contribution is 2.56. The molecule has 2 rings (SSSR count). The predicted octanol–water partition coefficient (Wildman–Crippen LogP) is 2.94. The van der Waals surface area contributed by atoms with Gasteiger partial charge in [-0.2, -0.15) is 0 Å². The van der Waals surface area contributed by atoms with E-state index in [0.29, 0.717) is 6.61 Å². The Morgan fingerprint density at radius 3 is 2.39 bits per heavy atom. The number of benzene rings is 1. The molecule has 1 aromatic carbocycles. The zero-order chi connectivity index (χ0) is 13.2. The summed E-state index contributed by atoms with van der Waals surface area (Å²) < 4.78 is 10.9. The van der Waals surface area contributed by atoms with Crippen molar-refractivity contribution in [3.63, 3.8) is 0 Å². The molecule has 0 unspecified atom stereocenters. The van der Waals surface area contributed by atoms with E-state index >= 15 is 0 Å². The molecular weight excluding hydrogens is 228 g/mol. The minimum Gasteiger partial charge on any atom is -0.460 e. The molecule has 98 valence electrons. The zero-order valence-corrected chi connectivity index (χ0v) is 11.2. The molecule has 0 heterocycles. The van der Waals surface area contributed by atoms with Crippen molar-refractivity contribution < 1.29 is 14.3 Å². The fourth-order valence-electron chi connectivity index (χ4n) is 2.23. The normalized spacial score (nSPS) is 17.3. The number of esters is 1. The lowest BCUT2D eigenvalue weighted by Gasteiger charge is -2.31. The van der Waals surface area contributed by atoms with Crippen LogP contribution in [-0.4, -0.2) is 18.7 Å². The van der Waals surface area contributed by atoms with E-state index in [4.69, 9.17) is 9.47 Å². The summed E-state index contributed by atoms with van der Waals surface area (Å²) >= 11 is 0. The molecule has 0 aliphatic heterocycles. The zero-order valence-electron chi connectivity index (χ0n) is 11.2. The largest absolute Gasteiger partial charge is 0.460 e. The van der Waals surface area contributed by atoms with Gasteiger partial charge < -0.3 is 9.47 Å². The fraction of sp³-hybridized carbons (Fsp3) is 0.533. The second kappa shape index (κ2) is 4.73. The molecule has 1 saturated carbocycles. The van der Waals surface area contributed by atoms with E-state index in [-0.39, 0.29) is 5.97 Å². The van der Waals surface area contributed by atoms with Gasteiger partial charge in [0.05, 0.1) is 11.0 Å². The minimum absolute atomic E-state index is 0.141. The van der Waals surface area contributed by atoms with Crippen molar-refractivity contribution in [3.8, 4) is 0 Å². The number of carbonyl (C=O) groups is 1. The van der Waals surface area contributed by atoms with Crippen LogP contribution < -0.4 is 0 Å². The Morgan fingerprint density at radius 2 is 1.89 bits per heavy atom. The molecular formula is C15H20O3. The van der Waals surface area contributed by atoms with Crippen LogP contribution in [0.2, 0.25) is 0 Å². The maximum atomic E-state index is 12.2. The van der Waals surface area contributed by atoms with Gasteiger partial charge in [-0.05, 0) is 32.3 Å². The molecule has 0 bridgehead atoms. The van der Waals surface area contributed by atoms with E-state index in [9.17, 15) is 4.79 Å². The Labute approximate surface area is 108 Å². The van der Waals surface area contributed by atoms with Crippen molar-refractivity contribution in [3.05, 3.63) is 35.9 Å². The van der Waals surface area contributed by atoms with Crippen molar-refractivity contribution in [1.29, 1.82) is 0 Å². The van der Waals surface area contributed by atoms with Crippen LogP contribution >= 0.6 is 0 Å². The van der Waals surface area contributed by atoms with Crippen LogP contribution in [0.25, 0.3) is 0 Å². The van der Waals surface area contributed by atoms with Gasteiger partial charge >= 0.3 is 5.97 Å². The third kappa shape index (κ3) is 2.27. The van der Waals surface area contributed by atoms with Gasteiger partial charge in [0.25, 0.3) is 0 Å². The van der Waals surface area contributed by atoms with Crippen molar-refractivity contribution in [2.45, 2.75) is 38.9 Å². The number of ether oxygens (including phenoxy) is 2. The Hall–Kier alpha value is -1.35. The number of hydrogen-bond acceptors (Lipinski definition) is 3. The van der Waals surface area contributed by atoms with Crippen LogP contribution in [0.4, 0.5) is 0 Å². The van der Waals surface area contributed by atoms with Gasteiger partial charge in [-0.15, -0.1) is 0 Å².